The first-order chi connectivity index (χ1) is 12.1. The fraction of sp³-hybridized carbons (Fsp3) is 0.412. The van der Waals surface area contributed by atoms with Gasteiger partial charge in [-0.25, -0.2) is 19.7 Å². The molecule has 0 aromatic carbocycles. The highest BCUT2D eigenvalue weighted by Gasteiger charge is 2.23. The number of hydrogen-bond donors (Lipinski definition) is 2. The Kier molecular flexibility index (Phi) is 5.27. The Labute approximate surface area is 145 Å². The quantitative estimate of drug-likeness (QED) is 0.857. The van der Waals surface area contributed by atoms with Gasteiger partial charge in [0, 0.05) is 35.8 Å². The van der Waals surface area contributed by atoms with Gasteiger partial charge in [-0.2, -0.15) is 0 Å². The molecule has 2 heterocycles. The van der Waals surface area contributed by atoms with Gasteiger partial charge in [0.25, 0.3) is 0 Å². The van der Waals surface area contributed by atoms with Crippen molar-refractivity contribution < 1.29 is 14.3 Å². The standard InChI is InChI=1S/C17H21N5O3/c1-24-17-20-9-12(10-21-17)11-2-7-15(19-8-11)22-13-3-5-14(6-4-13)25-16(18)23/h2,7-10,13-14H,3-6H2,1H3,(H2,18,23)(H,19,22). The van der Waals surface area contributed by atoms with Crippen LogP contribution in [0.5, 0.6) is 6.01 Å². The summed E-state index contributed by atoms with van der Waals surface area (Å²) in [7, 11) is 1.53. The Hall–Kier alpha value is -2.90. The molecule has 1 aliphatic rings. The van der Waals surface area contributed by atoms with Crippen LogP contribution < -0.4 is 15.8 Å². The van der Waals surface area contributed by atoms with E-state index in [0.717, 1.165) is 42.6 Å². The first-order valence-corrected chi connectivity index (χ1v) is 8.19. The van der Waals surface area contributed by atoms with E-state index in [1.807, 2.05) is 12.1 Å². The molecule has 0 saturated heterocycles. The second-order valence-corrected chi connectivity index (χ2v) is 5.95. The molecule has 3 N–H and O–H groups in total. The largest absolute Gasteiger partial charge is 0.467 e. The summed E-state index contributed by atoms with van der Waals surface area (Å²) in [6.07, 6.45) is 7.86. The van der Waals surface area contributed by atoms with Crippen molar-refractivity contribution in [2.45, 2.75) is 37.8 Å². The van der Waals surface area contributed by atoms with Crippen LogP contribution in [0.15, 0.2) is 30.7 Å². The minimum atomic E-state index is -0.698. The van der Waals surface area contributed by atoms with Crippen molar-refractivity contribution in [3.05, 3.63) is 30.7 Å². The van der Waals surface area contributed by atoms with E-state index in [0.29, 0.717) is 12.1 Å². The van der Waals surface area contributed by atoms with E-state index in [-0.39, 0.29) is 6.10 Å². The molecule has 1 fully saturated rings. The van der Waals surface area contributed by atoms with E-state index in [1.165, 1.54) is 7.11 Å². The molecule has 1 amide bonds. The van der Waals surface area contributed by atoms with Gasteiger partial charge in [0.05, 0.1) is 7.11 Å². The fourth-order valence-corrected chi connectivity index (χ4v) is 2.92. The minimum Gasteiger partial charge on any atom is -0.467 e. The third-order valence-electron chi connectivity index (χ3n) is 4.22. The summed E-state index contributed by atoms with van der Waals surface area (Å²) in [6, 6.07) is 4.56. The maximum Gasteiger partial charge on any atom is 0.404 e. The van der Waals surface area contributed by atoms with Crippen LogP contribution in [-0.2, 0) is 4.74 Å². The zero-order valence-electron chi connectivity index (χ0n) is 14.0. The molecule has 3 rings (SSSR count). The molecular weight excluding hydrogens is 322 g/mol. The Morgan fingerprint density at radius 1 is 1.08 bits per heavy atom. The maximum absolute atomic E-state index is 10.8. The van der Waals surface area contributed by atoms with Gasteiger partial charge in [-0.05, 0) is 37.8 Å². The van der Waals surface area contributed by atoms with Crippen LogP contribution in [0.3, 0.4) is 0 Å². The zero-order valence-corrected chi connectivity index (χ0v) is 14.0. The predicted molar refractivity (Wildman–Crippen MR) is 92.2 cm³/mol. The second kappa shape index (κ2) is 7.78. The minimum absolute atomic E-state index is 0.0686. The molecule has 132 valence electrons. The summed E-state index contributed by atoms with van der Waals surface area (Å²) in [6.45, 7) is 0. The molecule has 1 saturated carbocycles. The molecule has 2 aromatic rings. The van der Waals surface area contributed by atoms with Gasteiger partial charge in [-0.1, -0.05) is 0 Å². The number of nitrogens with one attached hydrogen (secondary N) is 1. The van der Waals surface area contributed by atoms with E-state index in [1.54, 1.807) is 18.6 Å². The van der Waals surface area contributed by atoms with E-state index in [9.17, 15) is 4.79 Å². The molecule has 0 unspecified atom stereocenters. The molecule has 0 spiro atoms. The average molecular weight is 343 g/mol. The number of nitrogens with two attached hydrogens (primary N) is 1. The van der Waals surface area contributed by atoms with Crippen molar-refractivity contribution in [1.29, 1.82) is 0 Å². The average Bonchev–Trinajstić information content (AvgIpc) is 2.64. The molecule has 8 heteroatoms. The van der Waals surface area contributed by atoms with Gasteiger partial charge >= 0.3 is 12.1 Å². The number of primary amides is 1. The van der Waals surface area contributed by atoms with Gasteiger partial charge in [0.15, 0.2) is 0 Å². The number of aromatic nitrogens is 3. The number of amides is 1. The van der Waals surface area contributed by atoms with E-state index < -0.39 is 6.09 Å². The molecule has 1 aliphatic carbocycles. The SMILES string of the molecule is COc1ncc(-c2ccc(NC3CCC(OC(N)=O)CC3)nc2)cn1. The Morgan fingerprint density at radius 2 is 1.76 bits per heavy atom. The Morgan fingerprint density at radius 3 is 2.32 bits per heavy atom. The third kappa shape index (κ3) is 4.56. The summed E-state index contributed by atoms with van der Waals surface area (Å²) in [5.74, 6) is 0.817. The molecule has 0 bridgehead atoms. The number of anilines is 1. The van der Waals surface area contributed by atoms with Crippen LogP contribution in [0.2, 0.25) is 0 Å². The topological polar surface area (TPSA) is 112 Å². The number of methoxy groups -OCH3 is 1. The molecule has 8 nitrogen and oxygen atoms in total. The molecule has 25 heavy (non-hydrogen) atoms. The highest BCUT2D eigenvalue weighted by Crippen LogP contribution is 2.24. The van der Waals surface area contributed by atoms with Crippen molar-refractivity contribution in [1.82, 2.24) is 15.0 Å². The summed E-state index contributed by atoms with van der Waals surface area (Å²) in [5.41, 5.74) is 6.87. The molecule has 0 aliphatic heterocycles. The van der Waals surface area contributed by atoms with E-state index >= 15 is 0 Å². The number of carbonyl (C=O) groups excluding carboxylic acids is 1. The normalized spacial score (nSPS) is 19.9. The first kappa shape index (κ1) is 16.9. The number of pyridine rings is 1. The molecule has 0 atom stereocenters. The van der Waals surface area contributed by atoms with Crippen LogP contribution in [0.4, 0.5) is 10.6 Å². The number of ether oxygens (including phenoxy) is 2. The summed E-state index contributed by atoms with van der Waals surface area (Å²) in [4.78, 5) is 23.4. The Balaban J connectivity index is 1.55. The van der Waals surface area contributed by atoms with Crippen LogP contribution in [-0.4, -0.2) is 40.3 Å². The van der Waals surface area contributed by atoms with Gasteiger partial charge in [-0.3, -0.25) is 0 Å². The fourth-order valence-electron chi connectivity index (χ4n) is 2.92. The summed E-state index contributed by atoms with van der Waals surface area (Å²) < 4.78 is 10.0. The van der Waals surface area contributed by atoms with Crippen molar-refractivity contribution in [3.63, 3.8) is 0 Å². The number of hydrogen-bond acceptors (Lipinski definition) is 7. The number of carbonyl (C=O) groups is 1. The highest BCUT2D eigenvalue weighted by atomic mass is 16.6. The van der Waals surface area contributed by atoms with Crippen LogP contribution in [0, 0.1) is 0 Å². The van der Waals surface area contributed by atoms with Crippen molar-refractivity contribution in [2.75, 3.05) is 12.4 Å². The van der Waals surface area contributed by atoms with E-state index in [2.05, 4.69) is 20.3 Å². The van der Waals surface area contributed by atoms with Gasteiger partial charge in [0.2, 0.25) is 0 Å². The lowest BCUT2D eigenvalue weighted by Crippen LogP contribution is -2.32. The van der Waals surface area contributed by atoms with Crippen LogP contribution >= 0.6 is 0 Å². The molecular formula is C17H21N5O3. The summed E-state index contributed by atoms with van der Waals surface area (Å²) >= 11 is 0. The number of nitrogens with zero attached hydrogens (tertiary/aromatic N) is 3. The predicted octanol–water partition coefficient (Wildman–Crippen LogP) is 2.37. The van der Waals surface area contributed by atoms with Crippen LogP contribution in [0.1, 0.15) is 25.7 Å². The maximum atomic E-state index is 10.8. The first-order valence-electron chi connectivity index (χ1n) is 8.19. The molecule has 2 aromatic heterocycles. The van der Waals surface area contributed by atoms with E-state index in [4.69, 9.17) is 15.2 Å². The highest BCUT2D eigenvalue weighted by molar-refractivity contribution is 5.64. The smallest absolute Gasteiger partial charge is 0.404 e. The molecule has 0 radical (unpaired) electrons. The lowest BCUT2D eigenvalue weighted by molar-refractivity contribution is 0.0805. The van der Waals surface area contributed by atoms with Crippen molar-refractivity contribution >= 4 is 11.9 Å². The zero-order chi connectivity index (χ0) is 17.6. The Bertz CT molecular complexity index is 697. The number of rotatable bonds is 5. The van der Waals surface area contributed by atoms with Gasteiger partial charge < -0.3 is 20.5 Å². The van der Waals surface area contributed by atoms with Crippen LogP contribution in [0.25, 0.3) is 11.1 Å². The summed E-state index contributed by atoms with van der Waals surface area (Å²) in [5, 5.41) is 3.42. The third-order valence-corrected chi connectivity index (χ3v) is 4.22. The lowest BCUT2D eigenvalue weighted by atomic mass is 9.93. The van der Waals surface area contributed by atoms with Gasteiger partial charge in [-0.15, -0.1) is 0 Å². The van der Waals surface area contributed by atoms with Gasteiger partial charge in [0.1, 0.15) is 11.9 Å². The monoisotopic (exact) mass is 343 g/mol. The second-order valence-electron chi connectivity index (χ2n) is 5.95. The lowest BCUT2D eigenvalue weighted by Gasteiger charge is -2.28. The van der Waals surface area contributed by atoms with Crippen molar-refractivity contribution in [3.8, 4) is 17.1 Å². The van der Waals surface area contributed by atoms with Crippen molar-refractivity contribution in [2.24, 2.45) is 5.73 Å².